The predicted octanol–water partition coefficient (Wildman–Crippen LogP) is 0.880. The molecule has 0 aromatic carbocycles. The molecule has 2 rings (SSSR count). The molecular formula is C13H18N6O. The minimum absolute atomic E-state index is 0.213. The largest absolute Gasteiger partial charge is 0.364 e. The molecule has 20 heavy (non-hydrogen) atoms. The van der Waals surface area contributed by atoms with Crippen molar-refractivity contribution >= 4 is 11.7 Å². The molecule has 106 valence electrons. The van der Waals surface area contributed by atoms with Gasteiger partial charge in [0.15, 0.2) is 5.69 Å². The average molecular weight is 274 g/mol. The van der Waals surface area contributed by atoms with Gasteiger partial charge in [-0.2, -0.15) is 5.10 Å². The molecule has 7 heteroatoms. The van der Waals surface area contributed by atoms with E-state index in [1.54, 1.807) is 12.1 Å². The molecule has 2 N–H and O–H groups in total. The fourth-order valence-corrected chi connectivity index (χ4v) is 1.70. The summed E-state index contributed by atoms with van der Waals surface area (Å²) in [4.78, 5) is 11.5. The van der Waals surface area contributed by atoms with Gasteiger partial charge in [-0.15, -0.1) is 10.2 Å². The predicted molar refractivity (Wildman–Crippen MR) is 75.3 cm³/mol. The van der Waals surface area contributed by atoms with Gasteiger partial charge in [0.2, 0.25) is 0 Å². The van der Waals surface area contributed by atoms with Crippen molar-refractivity contribution in [1.82, 2.24) is 25.3 Å². The fraction of sp³-hybridized carbons (Fsp3) is 0.385. The Morgan fingerprint density at radius 3 is 2.70 bits per heavy atom. The van der Waals surface area contributed by atoms with E-state index in [1.807, 2.05) is 31.8 Å². The topological polar surface area (TPSA) is 84.7 Å². The van der Waals surface area contributed by atoms with Crippen LogP contribution in [0.3, 0.4) is 0 Å². The van der Waals surface area contributed by atoms with Crippen LogP contribution in [0.2, 0.25) is 0 Å². The summed E-state index contributed by atoms with van der Waals surface area (Å²) < 4.78 is 1.82. The highest BCUT2D eigenvalue weighted by Crippen LogP contribution is 2.09. The molecule has 0 saturated carbocycles. The van der Waals surface area contributed by atoms with Crippen LogP contribution in [0.5, 0.6) is 0 Å². The summed E-state index contributed by atoms with van der Waals surface area (Å²) in [5.41, 5.74) is 2.52. The number of nitrogens with zero attached hydrogens (tertiary/aromatic N) is 4. The second-order valence-electron chi connectivity index (χ2n) is 4.40. The first kappa shape index (κ1) is 14.0. The molecule has 0 aliphatic rings. The molecule has 0 radical (unpaired) electrons. The molecular weight excluding hydrogens is 256 g/mol. The Labute approximate surface area is 117 Å². The molecule has 0 aliphatic carbocycles. The number of carbonyl (C=O) groups excluding carboxylic acids is 1. The van der Waals surface area contributed by atoms with Gasteiger partial charge in [0.1, 0.15) is 5.82 Å². The summed E-state index contributed by atoms with van der Waals surface area (Å²) in [6, 6.07) is 3.39. The molecule has 2 aromatic rings. The van der Waals surface area contributed by atoms with E-state index in [4.69, 9.17) is 0 Å². The maximum Gasteiger partial charge on any atom is 0.271 e. The zero-order chi connectivity index (χ0) is 14.5. The second-order valence-corrected chi connectivity index (χ2v) is 4.40. The van der Waals surface area contributed by atoms with E-state index >= 15 is 0 Å². The van der Waals surface area contributed by atoms with Crippen LogP contribution in [0.25, 0.3) is 0 Å². The van der Waals surface area contributed by atoms with Gasteiger partial charge >= 0.3 is 0 Å². The Hall–Kier alpha value is -2.44. The molecule has 0 saturated heterocycles. The molecule has 0 spiro atoms. The number of rotatable bonds is 5. The number of amides is 1. The molecule has 2 aromatic heterocycles. The lowest BCUT2D eigenvalue weighted by Crippen LogP contribution is -2.24. The standard InChI is InChI=1S/C13H18N6O/c1-4-14-13(20)11-5-6-12(18-17-11)15-7-10-8-16-19(3)9(10)2/h5-6,8H,4,7H2,1-3H3,(H,14,20)(H,15,18). The smallest absolute Gasteiger partial charge is 0.271 e. The third kappa shape index (κ3) is 3.11. The molecule has 0 bridgehead atoms. The number of anilines is 1. The van der Waals surface area contributed by atoms with Crippen LogP contribution < -0.4 is 10.6 Å². The number of aryl methyl sites for hydroxylation is 1. The van der Waals surface area contributed by atoms with Crippen molar-refractivity contribution < 1.29 is 4.79 Å². The first-order chi connectivity index (χ1) is 9.61. The Morgan fingerprint density at radius 2 is 2.15 bits per heavy atom. The van der Waals surface area contributed by atoms with Gasteiger partial charge in [0.05, 0.1) is 6.20 Å². The molecule has 0 aliphatic heterocycles. The van der Waals surface area contributed by atoms with Crippen molar-refractivity contribution in [2.45, 2.75) is 20.4 Å². The van der Waals surface area contributed by atoms with Crippen molar-refractivity contribution in [1.29, 1.82) is 0 Å². The molecule has 7 nitrogen and oxygen atoms in total. The van der Waals surface area contributed by atoms with Crippen LogP contribution in [0.15, 0.2) is 18.3 Å². The normalized spacial score (nSPS) is 10.3. The van der Waals surface area contributed by atoms with Crippen LogP contribution in [0.4, 0.5) is 5.82 Å². The zero-order valence-corrected chi connectivity index (χ0v) is 11.8. The summed E-state index contributed by atoms with van der Waals surface area (Å²) in [5, 5.41) is 17.9. The van der Waals surface area contributed by atoms with Crippen LogP contribution in [-0.2, 0) is 13.6 Å². The van der Waals surface area contributed by atoms with Gasteiger partial charge in [-0.3, -0.25) is 9.48 Å². The highest BCUT2D eigenvalue weighted by atomic mass is 16.1. The van der Waals surface area contributed by atoms with Gasteiger partial charge in [-0.25, -0.2) is 0 Å². The van der Waals surface area contributed by atoms with Crippen molar-refractivity contribution in [2.24, 2.45) is 7.05 Å². The van der Waals surface area contributed by atoms with E-state index in [0.29, 0.717) is 24.6 Å². The summed E-state index contributed by atoms with van der Waals surface area (Å²) in [6.07, 6.45) is 1.82. The Kier molecular flexibility index (Phi) is 4.29. The van der Waals surface area contributed by atoms with Gasteiger partial charge in [0, 0.05) is 31.4 Å². The summed E-state index contributed by atoms with van der Waals surface area (Å²) in [7, 11) is 1.90. The van der Waals surface area contributed by atoms with Crippen molar-refractivity contribution in [3.63, 3.8) is 0 Å². The lowest BCUT2D eigenvalue weighted by Gasteiger charge is -2.05. The monoisotopic (exact) mass is 274 g/mol. The third-order valence-electron chi connectivity index (χ3n) is 3.03. The van der Waals surface area contributed by atoms with Gasteiger partial charge in [-0.05, 0) is 26.0 Å². The number of nitrogens with one attached hydrogen (secondary N) is 2. The maximum atomic E-state index is 11.5. The summed E-state index contributed by atoms with van der Waals surface area (Å²) >= 11 is 0. The number of aromatic nitrogens is 4. The van der Waals surface area contributed by atoms with Gasteiger partial charge in [0.25, 0.3) is 5.91 Å². The van der Waals surface area contributed by atoms with Crippen molar-refractivity contribution in [2.75, 3.05) is 11.9 Å². The third-order valence-corrected chi connectivity index (χ3v) is 3.03. The Balaban J connectivity index is 1.97. The number of carbonyl (C=O) groups is 1. The lowest BCUT2D eigenvalue weighted by atomic mass is 10.2. The maximum absolute atomic E-state index is 11.5. The van der Waals surface area contributed by atoms with Crippen molar-refractivity contribution in [3.05, 3.63) is 35.3 Å². The average Bonchev–Trinajstić information content (AvgIpc) is 2.77. The highest BCUT2D eigenvalue weighted by molar-refractivity contribution is 5.92. The molecule has 0 unspecified atom stereocenters. The number of hydrogen-bond acceptors (Lipinski definition) is 5. The van der Waals surface area contributed by atoms with Crippen LogP contribution in [0, 0.1) is 6.92 Å². The van der Waals surface area contributed by atoms with E-state index in [1.165, 1.54) is 0 Å². The van der Waals surface area contributed by atoms with E-state index in [2.05, 4.69) is 25.9 Å². The first-order valence-corrected chi connectivity index (χ1v) is 6.45. The van der Waals surface area contributed by atoms with E-state index in [0.717, 1.165) is 11.3 Å². The molecule has 2 heterocycles. The quantitative estimate of drug-likeness (QED) is 0.845. The first-order valence-electron chi connectivity index (χ1n) is 6.45. The van der Waals surface area contributed by atoms with Gasteiger partial charge in [-0.1, -0.05) is 0 Å². The lowest BCUT2D eigenvalue weighted by molar-refractivity contribution is 0.0950. The van der Waals surface area contributed by atoms with E-state index in [-0.39, 0.29) is 5.91 Å². The molecule has 1 amide bonds. The summed E-state index contributed by atoms with van der Waals surface area (Å²) in [5.74, 6) is 0.413. The summed E-state index contributed by atoms with van der Waals surface area (Å²) in [6.45, 7) is 5.06. The second kappa shape index (κ2) is 6.14. The van der Waals surface area contributed by atoms with Crippen LogP contribution in [0.1, 0.15) is 28.7 Å². The molecule has 0 fully saturated rings. The Bertz CT molecular complexity index is 589. The highest BCUT2D eigenvalue weighted by Gasteiger charge is 2.07. The zero-order valence-electron chi connectivity index (χ0n) is 11.8. The van der Waals surface area contributed by atoms with Crippen molar-refractivity contribution in [3.8, 4) is 0 Å². The minimum Gasteiger partial charge on any atom is -0.364 e. The SMILES string of the molecule is CCNC(=O)c1ccc(NCc2cnn(C)c2C)nn1. The van der Waals surface area contributed by atoms with E-state index in [9.17, 15) is 4.79 Å². The number of hydrogen-bond donors (Lipinski definition) is 2. The fourth-order valence-electron chi connectivity index (χ4n) is 1.70. The van der Waals surface area contributed by atoms with Crippen LogP contribution >= 0.6 is 0 Å². The van der Waals surface area contributed by atoms with Crippen LogP contribution in [-0.4, -0.2) is 32.4 Å². The minimum atomic E-state index is -0.213. The Morgan fingerprint density at radius 1 is 1.35 bits per heavy atom. The van der Waals surface area contributed by atoms with Gasteiger partial charge < -0.3 is 10.6 Å². The molecule has 0 atom stereocenters. The van der Waals surface area contributed by atoms with E-state index < -0.39 is 0 Å².